The van der Waals surface area contributed by atoms with E-state index in [2.05, 4.69) is 21.0 Å². The van der Waals surface area contributed by atoms with Crippen molar-refractivity contribution >= 4 is 22.1 Å². The van der Waals surface area contributed by atoms with E-state index in [-0.39, 0.29) is 13.2 Å². The van der Waals surface area contributed by atoms with Crippen molar-refractivity contribution in [3.8, 4) is 0 Å². The fourth-order valence-corrected chi connectivity index (χ4v) is 1.42. The first kappa shape index (κ1) is 13.2. The van der Waals surface area contributed by atoms with Gasteiger partial charge >= 0.3 is 0 Å². The molecule has 0 heterocycles. The summed E-state index contributed by atoms with van der Waals surface area (Å²) in [6, 6.07) is 7.74. The molecule has 0 bridgehead atoms. The minimum Gasteiger partial charge on any atom is -0.394 e. The fraction of sp³-hybridized carbons (Fsp3) is 0.364. The number of nitrogens with zero attached hydrogens (tertiary/aromatic N) is 2. The Morgan fingerprint density at radius 1 is 1.12 bits per heavy atom. The first-order chi connectivity index (χ1) is 7.76. The lowest BCUT2D eigenvalue weighted by molar-refractivity contribution is 0.166. The number of hydrazone groups is 1. The molecule has 0 atom stereocenters. The molecule has 0 aliphatic heterocycles. The number of halogens is 1. The van der Waals surface area contributed by atoms with Gasteiger partial charge in [-0.2, -0.15) is 5.10 Å². The van der Waals surface area contributed by atoms with Crippen molar-refractivity contribution in [1.29, 1.82) is 0 Å². The molecule has 1 rings (SSSR count). The van der Waals surface area contributed by atoms with Crippen LogP contribution in [0.25, 0.3) is 0 Å². The van der Waals surface area contributed by atoms with Gasteiger partial charge in [-0.05, 0) is 17.7 Å². The Bertz CT molecular complexity index is 321. The Morgan fingerprint density at radius 3 is 2.19 bits per heavy atom. The first-order valence-corrected chi connectivity index (χ1v) is 5.82. The van der Waals surface area contributed by atoms with Crippen LogP contribution in [-0.2, 0) is 0 Å². The smallest absolute Gasteiger partial charge is 0.0623 e. The van der Waals surface area contributed by atoms with E-state index in [1.807, 2.05) is 24.3 Å². The molecule has 0 amide bonds. The summed E-state index contributed by atoms with van der Waals surface area (Å²) in [7, 11) is 0. The maximum Gasteiger partial charge on any atom is 0.0623 e. The monoisotopic (exact) mass is 286 g/mol. The van der Waals surface area contributed by atoms with Crippen molar-refractivity contribution in [1.82, 2.24) is 5.01 Å². The van der Waals surface area contributed by atoms with E-state index >= 15 is 0 Å². The number of hydrogen-bond acceptors (Lipinski definition) is 4. The molecule has 0 aliphatic carbocycles. The lowest BCUT2D eigenvalue weighted by Gasteiger charge is -2.15. The van der Waals surface area contributed by atoms with E-state index < -0.39 is 0 Å². The molecule has 0 unspecified atom stereocenters. The maximum atomic E-state index is 8.79. The number of hydrogen-bond donors (Lipinski definition) is 2. The molecule has 5 heteroatoms. The molecule has 4 nitrogen and oxygen atoms in total. The second kappa shape index (κ2) is 7.38. The maximum absolute atomic E-state index is 8.79. The average Bonchev–Trinajstić information content (AvgIpc) is 2.29. The molecule has 0 fully saturated rings. The Labute approximate surface area is 103 Å². The molecule has 0 aromatic heterocycles. The molecular formula is C11H15BrN2O2. The van der Waals surface area contributed by atoms with Gasteiger partial charge in [-0.3, -0.25) is 5.01 Å². The van der Waals surface area contributed by atoms with Gasteiger partial charge in [0.05, 0.1) is 32.5 Å². The lowest BCUT2D eigenvalue weighted by atomic mass is 10.2. The predicted octanol–water partition coefficient (Wildman–Crippen LogP) is 1.07. The summed E-state index contributed by atoms with van der Waals surface area (Å²) in [5.41, 5.74) is 0.976. The van der Waals surface area contributed by atoms with Gasteiger partial charge in [0.25, 0.3) is 0 Å². The second-order valence-electron chi connectivity index (χ2n) is 3.20. The van der Waals surface area contributed by atoms with Crippen molar-refractivity contribution < 1.29 is 10.2 Å². The van der Waals surface area contributed by atoms with E-state index in [0.29, 0.717) is 13.1 Å². The van der Waals surface area contributed by atoms with Gasteiger partial charge in [-0.15, -0.1) is 0 Å². The summed E-state index contributed by atoms with van der Waals surface area (Å²) in [6.45, 7) is 0.899. The molecule has 2 N–H and O–H groups in total. The van der Waals surface area contributed by atoms with Gasteiger partial charge in [0, 0.05) is 4.47 Å². The molecule has 0 saturated heterocycles. The third kappa shape index (κ3) is 4.74. The fourth-order valence-electron chi connectivity index (χ4n) is 1.16. The molecule has 88 valence electrons. The average molecular weight is 287 g/mol. The summed E-state index contributed by atoms with van der Waals surface area (Å²) >= 11 is 3.35. The molecule has 0 saturated carbocycles. The summed E-state index contributed by atoms with van der Waals surface area (Å²) < 4.78 is 1.02. The van der Waals surface area contributed by atoms with Gasteiger partial charge in [0.2, 0.25) is 0 Å². The summed E-state index contributed by atoms with van der Waals surface area (Å²) in [6.07, 6.45) is 1.71. The Kier molecular flexibility index (Phi) is 6.07. The molecule has 0 spiro atoms. The zero-order chi connectivity index (χ0) is 11.8. The zero-order valence-electron chi connectivity index (χ0n) is 8.88. The van der Waals surface area contributed by atoms with Crippen LogP contribution in [0.15, 0.2) is 33.8 Å². The van der Waals surface area contributed by atoms with E-state index in [0.717, 1.165) is 10.0 Å². The van der Waals surface area contributed by atoms with Gasteiger partial charge in [0.1, 0.15) is 0 Å². The third-order valence-corrected chi connectivity index (χ3v) is 2.49. The molecule has 16 heavy (non-hydrogen) atoms. The highest BCUT2D eigenvalue weighted by Gasteiger charge is 1.97. The van der Waals surface area contributed by atoms with Crippen molar-refractivity contribution in [2.24, 2.45) is 5.10 Å². The quantitative estimate of drug-likeness (QED) is 0.608. The van der Waals surface area contributed by atoms with E-state index in [4.69, 9.17) is 10.2 Å². The summed E-state index contributed by atoms with van der Waals surface area (Å²) in [5, 5.41) is 23.4. The number of rotatable bonds is 6. The predicted molar refractivity (Wildman–Crippen MR) is 67.5 cm³/mol. The van der Waals surface area contributed by atoms with Crippen LogP contribution in [0.2, 0.25) is 0 Å². The van der Waals surface area contributed by atoms with Crippen LogP contribution in [-0.4, -0.2) is 47.7 Å². The largest absolute Gasteiger partial charge is 0.394 e. The standard InChI is InChI=1S/C11H15BrN2O2/c12-11-3-1-10(2-4-11)9-13-14(5-7-15)6-8-16/h1-4,9,15-16H,5-8H2/b13-9+. The molecule has 1 aromatic rings. The van der Waals surface area contributed by atoms with Crippen molar-refractivity contribution in [2.45, 2.75) is 0 Å². The lowest BCUT2D eigenvalue weighted by Crippen LogP contribution is -2.24. The molecule has 0 aliphatic rings. The van der Waals surface area contributed by atoms with Crippen LogP contribution < -0.4 is 0 Å². The van der Waals surface area contributed by atoms with E-state index in [9.17, 15) is 0 Å². The molecular weight excluding hydrogens is 272 g/mol. The Balaban J connectivity index is 2.58. The highest BCUT2D eigenvalue weighted by Crippen LogP contribution is 2.09. The first-order valence-electron chi connectivity index (χ1n) is 5.02. The zero-order valence-corrected chi connectivity index (χ0v) is 10.5. The highest BCUT2D eigenvalue weighted by atomic mass is 79.9. The highest BCUT2D eigenvalue weighted by molar-refractivity contribution is 9.10. The minimum absolute atomic E-state index is 0.0255. The van der Waals surface area contributed by atoms with Crippen LogP contribution in [0, 0.1) is 0 Å². The number of aliphatic hydroxyl groups excluding tert-OH is 2. The van der Waals surface area contributed by atoms with E-state index in [1.54, 1.807) is 11.2 Å². The van der Waals surface area contributed by atoms with Gasteiger partial charge in [0.15, 0.2) is 0 Å². The SMILES string of the molecule is OCCN(CCO)/N=C/c1ccc(Br)cc1. The summed E-state index contributed by atoms with van der Waals surface area (Å²) in [4.78, 5) is 0. The molecule has 0 radical (unpaired) electrons. The van der Waals surface area contributed by atoms with E-state index in [1.165, 1.54) is 0 Å². The van der Waals surface area contributed by atoms with Gasteiger partial charge in [-0.25, -0.2) is 0 Å². The van der Waals surface area contributed by atoms with Crippen molar-refractivity contribution in [3.63, 3.8) is 0 Å². The third-order valence-electron chi connectivity index (χ3n) is 1.96. The van der Waals surface area contributed by atoms with Gasteiger partial charge in [-0.1, -0.05) is 28.1 Å². The Hall–Kier alpha value is -0.910. The van der Waals surface area contributed by atoms with Gasteiger partial charge < -0.3 is 10.2 Å². The topological polar surface area (TPSA) is 56.1 Å². The minimum atomic E-state index is 0.0255. The number of aliphatic hydroxyl groups is 2. The van der Waals surface area contributed by atoms with Crippen molar-refractivity contribution in [2.75, 3.05) is 26.3 Å². The second-order valence-corrected chi connectivity index (χ2v) is 4.11. The Morgan fingerprint density at radius 2 is 1.69 bits per heavy atom. The summed E-state index contributed by atoms with van der Waals surface area (Å²) in [5.74, 6) is 0. The van der Waals surface area contributed by atoms with Crippen LogP contribution >= 0.6 is 15.9 Å². The van der Waals surface area contributed by atoms with Crippen LogP contribution in [0.1, 0.15) is 5.56 Å². The van der Waals surface area contributed by atoms with Crippen LogP contribution in [0.4, 0.5) is 0 Å². The van der Waals surface area contributed by atoms with Crippen LogP contribution in [0.5, 0.6) is 0 Å². The normalized spacial score (nSPS) is 10.9. The molecule has 1 aromatic carbocycles. The van der Waals surface area contributed by atoms with Crippen LogP contribution in [0.3, 0.4) is 0 Å². The number of benzene rings is 1. The van der Waals surface area contributed by atoms with Crippen molar-refractivity contribution in [3.05, 3.63) is 34.3 Å².